The molecule has 1 aromatic rings. The molecule has 2 atom stereocenters. The van der Waals surface area contributed by atoms with E-state index in [0.717, 1.165) is 0 Å². The lowest BCUT2D eigenvalue weighted by Gasteiger charge is -2.16. The molecule has 5 heteroatoms. The van der Waals surface area contributed by atoms with Crippen molar-refractivity contribution in [2.45, 2.75) is 18.6 Å². The molecule has 1 heterocycles. The number of thiol groups is 1. The molecule has 0 saturated carbocycles. The number of aromatic nitrogens is 1. The second-order valence-corrected chi connectivity index (χ2v) is 3.45. The number of H-pyrrole nitrogens is 1. The molecule has 0 saturated heterocycles. The summed E-state index contributed by atoms with van der Waals surface area (Å²) in [4.78, 5) is 13.7. The van der Waals surface area contributed by atoms with Crippen LogP contribution in [0.4, 0.5) is 0 Å². The zero-order valence-corrected chi connectivity index (χ0v) is 8.45. The summed E-state index contributed by atoms with van der Waals surface area (Å²) in [5, 5.41) is 19.0. The van der Waals surface area contributed by atoms with Gasteiger partial charge in [0.2, 0.25) is 0 Å². The van der Waals surface area contributed by atoms with Crippen LogP contribution in [0.15, 0.2) is 23.1 Å². The summed E-state index contributed by atoms with van der Waals surface area (Å²) in [6, 6.07) is 2.62. The van der Waals surface area contributed by atoms with Gasteiger partial charge in [-0.3, -0.25) is 4.79 Å². The highest BCUT2D eigenvalue weighted by atomic mass is 32.1. The predicted octanol–water partition coefficient (Wildman–Crippen LogP) is 0.0891. The Morgan fingerprint density at radius 3 is 2.79 bits per heavy atom. The maximum atomic E-state index is 10.9. The lowest BCUT2D eigenvalue weighted by molar-refractivity contribution is 0.0146. The number of pyridine rings is 1. The number of hydrogen-bond donors (Lipinski definition) is 4. The molecule has 0 amide bonds. The molecule has 0 aliphatic rings. The van der Waals surface area contributed by atoms with Gasteiger partial charge in [0, 0.05) is 18.3 Å². The lowest BCUT2D eigenvalue weighted by atomic mass is 10.1. The highest BCUT2D eigenvalue weighted by Gasteiger charge is 2.17. The lowest BCUT2D eigenvalue weighted by Crippen LogP contribution is -2.20. The largest absolute Gasteiger partial charge is 0.390 e. The van der Waals surface area contributed by atoms with Crippen LogP contribution in [0.5, 0.6) is 0 Å². The standard InChI is InChI=1S/C9H13NO3S/c11-6-1-3-10-7(5-6)9(13)8(12)2-4-14/h1,3,5,8-9,12-14H,2,4H2,(H,10,11). The fourth-order valence-corrected chi connectivity index (χ4v) is 1.40. The summed E-state index contributed by atoms with van der Waals surface area (Å²) >= 11 is 3.94. The van der Waals surface area contributed by atoms with Gasteiger partial charge in [-0.15, -0.1) is 0 Å². The molecule has 0 fully saturated rings. The van der Waals surface area contributed by atoms with Crippen molar-refractivity contribution in [1.82, 2.24) is 4.98 Å². The predicted molar refractivity (Wildman–Crippen MR) is 56.5 cm³/mol. The summed E-state index contributed by atoms with van der Waals surface area (Å²) in [6.07, 6.45) is -0.142. The topological polar surface area (TPSA) is 73.3 Å². The van der Waals surface area contributed by atoms with Gasteiger partial charge in [-0.05, 0) is 12.2 Å². The molecule has 0 bridgehead atoms. The van der Waals surface area contributed by atoms with E-state index < -0.39 is 12.2 Å². The van der Waals surface area contributed by atoms with Gasteiger partial charge in [0.05, 0.1) is 11.8 Å². The number of hydrogen-bond acceptors (Lipinski definition) is 4. The smallest absolute Gasteiger partial charge is 0.181 e. The van der Waals surface area contributed by atoms with Gasteiger partial charge in [-0.1, -0.05) is 0 Å². The Morgan fingerprint density at radius 1 is 1.50 bits per heavy atom. The molecule has 78 valence electrons. The number of aromatic amines is 1. The Bertz CT molecular complexity index is 339. The zero-order chi connectivity index (χ0) is 10.6. The SMILES string of the molecule is O=c1cc[nH]c(C(O)C(O)CCS)c1. The maximum absolute atomic E-state index is 10.9. The molecule has 0 radical (unpaired) electrons. The average molecular weight is 215 g/mol. The molecule has 1 aromatic heterocycles. The maximum Gasteiger partial charge on any atom is 0.181 e. The van der Waals surface area contributed by atoms with Crippen LogP contribution in [0.1, 0.15) is 18.2 Å². The Morgan fingerprint density at radius 2 is 2.21 bits per heavy atom. The van der Waals surface area contributed by atoms with Crippen molar-refractivity contribution in [2.75, 3.05) is 5.75 Å². The Balaban J connectivity index is 2.78. The molecular weight excluding hydrogens is 202 g/mol. The van der Waals surface area contributed by atoms with Crippen LogP contribution in [0, 0.1) is 0 Å². The summed E-state index contributed by atoms with van der Waals surface area (Å²) in [5.74, 6) is 0.481. The van der Waals surface area contributed by atoms with Crippen molar-refractivity contribution in [2.24, 2.45) is 0 Å². The number of rotatable bonds is 4. The van der Waals surface area contributed by atoms with E-state index in [1.165, 1.54) is 18.3 Å². The van der Waals surface area contributed by atoms with Gasteiger partial charge in [-0.25, -0.2) is 0 Å². The molecular formula is C9H13NO3S. The van der Waals surface area contributed by atoms with Crippen LogP contribution in [0.3, 0.4) is 0 Å². The van der Waals surface area contributed by atoms with E-state index in [1.54, 1.807) is 0 Å². The Hall–Kier alpha value is -0.780. The molecule has 0 aliphatic heterocycles. The first-order valence-electron chi connectivity index (χ1n) is 4.31. The van der Waals surface area contributed by atoms with E-state index in [2.05, 4.69) is 17.6 Å². The van der Waals surface area contributed by atoms with E-state index in [9.17, 15) is 15.0 Å². The highest BCUT2D eigenvalue weighted by molar-refractivity contribution is 7.80. The Labute approximate surface area is 87.0 Å². The van der Waals surface area contributed by atoms with Gasteiger partial charge in [-0.2, -0.15) is 12.6 Å². The van der Waals surface area contributed by atoms with Crippen LogP contribution in [-0.2, 0) is 0 Å². The van der Waals surface area contributed by atoms with Gasteiger partial charge >= 0.3 is 0 Å². The van der Waals surface area contributed by atoms with Crippen molar-refractivity contribution in [3.63, 3.8) is 0 Å². The van der Waals surface area contributed by atoms with Gasteiger partial charge in [0.1, 0.15) is 6.10 Å². The number of nitrogens with one attached hydrogen (secondary N) is 1. The first-order valence-corrected chi connectivity index (χ1v) is 4.94. The van der Waals surface area contributed by atoms with Crippen LogP contribution >= 0.6 is 12.6 Å². The number of aliphatic hydroxyl groups excluding tert-OH is 2. The molecule has 0 spiro atoms. The van der Waals surface area contributed by atoms with Crippen LogP contribution in [0.25, 0.3) is 0 Å². The molecule has 1 rings (SSSR count). The van der Waals surface area contributed by atoms with Crippen molar-refractivity contribution in [1.29, 1.82) is 0 Å². The third-order valence-corrected chi connectivity index (χ3v) is 2.16. The summed E-state index contributed by atoms with van der Waals surface area (Å²) in [7, 11) is 0. The van der Waals surface area contributed by atoms with E-state index in [1.807, 2.05) is 0 Å². The van der Waals surface area contributed by atoms with E-state index in [4.69, 9.17) is 0 Å². The van der Waals surface area contributed by atoms with Crippen LogP contribution in [-0.4, -0.2) is 27.1 Å². The monoisotopic (exact) mass is 215 g/mol. The second-order valence-electron chi connectivity index (χ2n) is 3.00. The van der Waals surface area contributed by atoms with Crippen molar-refractivity contribution < 1.29 is 10.2 Å². The Kier molecular flexibility index (Phi) is 4.19. The highest BCUT2D eigenvalue weighted by Crippen LogP contribution is 2.15. The van der Waals surface area contributed by atoms with E-state index >= 15 is 0 Å². The first-order chi connectivity index (χ1) is 6.65. The fourth-order valence-electron chi connectivity index (χ4n) is 1.13. The first kappa shape index (κ1) is 11.3. The van der Waals surface area contributed by atoms with Crippen LogP contribution in [0.2, 0.25) is 0 Å². The second kappa shape index (κ2) is 5.19. The minimum absolute atomic E-state index is 0.198. The summed E-state index contributed by atoms with van der Waals surface area (Å²) < 4.78 is 0. The van der Waals surface area contributed by atoms with E-state index in [-0.39, 0.29) is 5.43 Å². The number of aliphatic hydroxyl groups is 2. The minimum Gasteiger partial charge on any atom is -0.390 e. The average Bonchev–Trinajstić information content (AvgIpc) is 2.17. The zero-order valence-electron chi connectivity index (χ0n) is 7.55. The van der Waals surface area contributed by atoms with Gasteiger partial charge < -0.3 is 15.2 Å². The summed E-state index contributed by atoms with van der Waals surface area (Å²) in [6.45, 7) is 0. The molecule has 4 nitrogen and oxygen atoms in total. The van der Waals surface area contributed by atoms with Gasteiger partial charge in [0.25, 0.3) is 0 Å². The van der Waals surface area contributed by atoms with Crippen molar-refractivity contribution in [3.05, 3.63) is 34.2 Å². The quantitative estimate of drug-likeness (QED) is 0.538. The molecule has 2 unspecified atom stereocenters. The molecule has 3 N–H and O–H groups in total. The molecule has 0 aromatic carbocycles. The van der Waals surface area contributed by atoms with Gasteiger partial charge in [0.15, 0.2) is 5.43 Å². The minimum atomic E-state index is -1.06. The van der Waals surface area contributed by atoms with Crippen molar-refractivity contribution in [3.8, 4) is 0 Å². The van der Waals surface area contributed by atoms with E-state index in [0.29, 0.717) is 17.9 Å². The third-order valence-electron chi connectivity index (χ3n) is 1.90. The molecule has 0 aliphatic carbocycles. The molecule has 14 heavy (non-hydrogen) atoms. The normalized spacial score (nSPS) is 15.1. The fraction of sp³-hybridized carbons (Fsp3) is 0.444. The van der Waals surface area contributed by atoms with Crippen LogP contribution < -0.4 is 5.43 Å². The third kappa shape index (κ3) is 2.87. The van der Waals surface area contributed by atoms with Crippen molar-refractivity contribution >= 4 is 12.6 Å². The summed E-state index contributed by atoms with van der Waals surface area (Å²) in [5.41, 5.74) is 0.127.